The lowest BCUT2D eigenvalue weighted by atomic mass is 11.9. The van der Waals surface area contributed by atoms with E-state index in [-0.39, 0.29) is 0 Å². The van der Waals surface area contributed by atoms with Crippen LogP contribution >= 0.6 is 11.1 Å². The van der Waals surface area contributed by atoms with Gasteiger partial charge in [0, 0.05) is 9.04 Å². The molecule has 0 bridgehead atoms. The van der Waals surface area contributed by atoms with Gasteiger partial charge in [-0.2, -0.15) is 11.1 Å². The molecule has 0 aliphatic carbocycles. The monoisotopic (exact) mass is 136 g/mol. The van der Waals surface area contributed by atoms with Crippen LogP contribution in [0.3, 0.4) is 0 Å². The molecule has 0 aliphatic rings. The van der Waals surface area contributed by atoms with Crippen molar-refractivity contribution in [1.82, 2.24) is 0 Å². The molecule has 0 saturated heterocycles. The third-order valence-corrected chi connectivity index (χ3v) is 7.05. The summed E-state index contributed by atoms with van der Waals surface area (Å²) in [5, 5.41) is 0. The lowest BCUT2D eigenvalue weighted by Crippen LogP contribution is -2.23. The van der Waals surface area contributed by atoms with Crippen LogP contribution < -0.4 is 0 Å². The second-order valence-electron chi connectivity index (χ2n) is 1.72. The van der Waals surface area contributed by atoms with Crippen LogP contribution in [0.4, 0.5) is 0 Å². The van der Waals surface area contributed by atoms with Crippen molar-refractivity contribution in [3.63, 3.8) is 0 Å². The molecule has 0 fully saturated rings. The zero-order chi connectivity index (χ0) is 5.21. The minimum atomic E-state index is -1.13. The summed E-state index contributed by atoms with van der Waals surface area (Å²) in [6, 6.07) is 0. The van der Waals surface area contributed by atoms with Gasteiger partial charge in [0.2, 0.25) is 0 Å². The van der Waals surface area contributed by atoms with E-state index in [1.807, 2.05) is 0 Å². The van der Waals surface area contributed by atoms with Gasteiger partial charge in [-0.3, -0.25) is 0 Å². The van der Waals surface area contributed by atoms with Gasteiger partial charge >= 0.3 is 0 Å². The SMILES string of the molecule is C[Si][Si](C)(C)Cl. The summed E-state index contributed by atoms with van der Waals surface area (Å²) in [4.78, 5) is 0. The van der Waals surface area contributed by atoms with Crippen LogP contribution in [-0.2, 0) is 0 Å². The molecule has 36 valence electrons. The molecule has 0 amide bonds. The van der Waals surface area contributed by atoms with Crippen molar-refractivity contribution in [2.75, 3.05) is 0 Å². The summed E-state index contributed by atoms with van der Waals surface area (Å²) in [5.74, 6) is 0. The molecule has 0 N–H and O–H groups in total. The molecule has 0 atom stereocenters. The zero-order valence-electron chi connectivity index (χ0n) is 4.38. The van der Waals surface area contributed by atoms with Gasteiger partial charge in [-0.25, -0.2) is 0 Å². The van der Waals surface area contributed by atoms with Gasteiger partial charge in [-0.15, -0.1) is 0 Å². The molecule has 0 heterocycles. The van der Waals surface area contributed by atoms with Gasteiger partial charge in [0.15, 0.2) is 0 Å². The fourth-order valence-corrected chi connectivity index (χ4v) is 0. The molecular formula is C3H9ClSi2. The first-order chi connectivity index (χ1) is 2.56. The summed E-state index contributed by atoms with van der Waals surface area (Å²) in [6.45, 7) is 5.35. The molecule has 0 spiro atoms. The molecule has 3 heteroatoms. The van der Waals surface area contributed by atoms with Crippen molar-refractivity contribution in [3.05, 3.63) is 0 Å². The largest absolute Gasteiger partial charge is 0.172 e. The fraction of sp³-hybridized carbons (Fsp3) is 1.00. The van der Waals surface area contributed by atoms with E-state index >= 15 is 0 Å². The van der Waals surface area contributed by atoms with E-state index in [1.54, 1.807) is 0 Å². The second kappa shape index (κ2) is 2.14. The third kappa shape index (κ3) is 4.72. The summed E-state index contributed by atoms with van der Waals surface area (Å²) < 4.78 is 0. The van der Waals surface area contributed by atoms with Crippen molar-refractivity contribution in [1.29, 1.82) is 0 Å². The van der Waals surface area contributed by atoms with Crippen LogP contribution in [0.5, 0.6) is 0 Å². The van der Waals surface area contributed by atoms with Crippen LogP contribution in [0.2, 0.25) is 19.6 Å². The highest BCUT2D eigenvalue weighted by atomic mass is 35.6. The normalized spacial score (nSPS) is 12.0. The van der Waals surface area contributed by atoms with Crippen molar-refractivity contribution in [3.8, 4) is 0 Å². The maximum absolute atomic E-state index is 5.87. The minimum absolute atomic E-state index is 0.971. The quantitative estimate of drug-likeness (QED) is 0.380. The van der Waals surface area contributed by atoms with Crippen molar-refractivity contribution in [2.45, 2.75) is 19.6 Å². The van der Waals surface area contributed by atoms with E-state index in [0.29, 0.717) is 0 Å². The third-order valence-electron chi connectivity index (χ3n) is 0.594. The Morgan fingerprint density at radius 2 is 1.67 bits per heavy atom. The molecule has 6 heavy (non-hydrogen) atoms. The number of hydrogen-bond donors (Lipinski definition) is 0. The van der Waals surface area contributed by atoms with Gasteiger partial charge in [-0.05, 0) is 0 Å². The number of rotatable bonds is 1. The molecule has 0 aromatic heterocycles. The second-order valence-corrected chi connectivity index (χ2v) is 14.2. The van der Waals surface area contributed by atoms with Gasteiger partial charge in [0.1, 0.15) is 6.90 Å². The molecule has 0 rings (SSSR count). The van der Waals surface area contributed by atoms with Crippen LogP contribution in [0.1, 0.15) is 0 Å². The van der Waals surface area contributed by atoms with E-state index in [2.05, 4.69) is 19.6 Å². The Morgan fingerprint density at radius 1 is 1.50 bits per heavy atom. The van der Waals surface area contributed by atoms with Crippen molar-refractivity contribution < 1.29 is 0 Å². The summed E-state index contributed by atoms with van der Waals surface area (Å²) in [7, 11) is 0.971. The summed E-state index contributed by atoms with van der Waals surface area (Å²) >= 11 is 5.87. The molecule has 0 aliphatic heterocycles. The topological polar surface area (TPSA) is 0 Å². The Hall–Kier alpha value is 0.724. The van der Waals surface area contributed by atoms with E-state index in [0.717, 1.165) is 9.04 Å². The molecule has 0 aromatic rings. The average Bonchev–Trinajstić information content (AvgIpc) is 1.35. The van der Waals surface area contributed by atoms with Crippen LogP contribution in [0.15, 0.2) is 0 Å². The van der Waals surface area contributed by atoms with Crippen molar-refractivity contribution >= 4 is 27.0 Å². The highest BCUT2D eigenvalue weighted by molar-refractivity contribution is 7.46. The molecule has 0 aromatic carbocycles. The van der Waals surface area contributed by atoms with Gasteiger partial charge in [-0.1, -0.05) is 19.6 Å². The first kappa shape index (κ1) is 6.72. The summed E-state index contributed by atoms with van der Waals surface area (Å²) in [5.41, 5.74) is 0. The predicted octanol–water partition coefficient (Wildman–Crippen LogP) is 1.68. The Bertz CT molecular complexity index is 38.5. The average molecular weight is 137 g/mol. The minimum Gasteiger partial charge on any atom is -0.172 e. The van der Waals surface area contributed by atoms with E-state index in [1.165, 1.54) is 0 Å². The van der Waals surface area contributed by atoms with E-state index in [9.17, 15) is 0 Å². The molecule has 0 unspecified atom stereocenters. The Kier molecular flexibility index (Phi) is 2.40. The fourth-order valence-electron chi connectivity index (χ4n) is 0. The standard InChI is InChI=1S/C3H9ClSi2/c1-5-6(2,3)4/h1-3H3. The highest BCUT2D eigenvalue weighted by Crippen LogP contribution is 2.02. The van der Waals surface area contributed by atoms with Gasteiger partial charge < -0.3 is 0 Å². The lowest BCUT2D eigenvalue weighted by Gasteiger charge is -2.04. The van der Waals surface area contributed by atoms with Crippen LogP contribution in [-0.4, -0.2) is 15.9 Å². The predicted molar refractivity (Wildman–Crippen MR) is 35.0 cm³/mol. The van der Waals surface area contributed by atoms with Crippen LogP contribution in [0, 0.1) is 0 Å². The van der Waals surface area contributed by atoms with Gasteiger partial charge in [0.25, 0.3) is 0 Å². The van der Waals surface area contributed by atoms with Crippen LogP contribution in [0.25, 0.3) is 0 Å². The maximum Gasteiger partial charge on any atom is 0.135 e. The number of hydrogen-bond acceptors (Lipinski definition) is 0. The molecular weight excluding hydrogens is 128 g/mol. The smallest absolute Gasteiger partial charge is 0.135 e. The molecule has 2 radical (unpaired) electrons. The zero-order valence-corrected chi connectivity index (χ0v) is 7.13. The summed E-state index contributed by atoms with van der Waals surface area (Å²) in [6.07, 6.45) is 0. The molecule has 0 saturated carbocycles. The first-order valence-electron chi connectivity index (χ1n) is 1.94. The maximum atomic E-state index is 5.87. The Balaban J connectivity index is 3.17. The highest BCUT2D eigenvalue weighted by Gasteiger charge is 2.12. The molecule has 0 nitrogen and oxygen atoms in total. The van der Waals surface area contributed by atoms with Crippen molar-refractivity contribution in [2.24, 2.45) is 0 Å². The Morgan fingerprint density at radius 3 is 1.67 bits per heavy atom. The lowest BCUT2D eigenvalue weighted by molar-refractivity contribution is 2.03. The number of halogens is 1. The van der Waals surface area contributed by atoms with E-state index in [4.69, 9.17) is 11.1 Å². The first-order valence-corrected chi connectivity index (χ1v) is 8.45. The Labute approximate surface area is 47.2 Å². The van der Waals surface area contributed by atoms with Gasteiger partial charge in [0.05, 0.1) is 0 Å². The van der Waals surface area contributed by atoms with E-state index < -0.39 is 6.90 Å².